The van der Waals surface area contributed by atoms with Crippen molar-refractivity contribution in [3.63, 3.8) is 0 Å². The maximum absolute atomic E-state index is 12.2. The standard InChI is InChI=1S/C9H6F3NO4S/c1-17-7(16)5(15)2-4(14)6-3-13-8(18-6)9(10,11)12/h3H,2H2,1H3. The molecule has 0 unspecified atom stereocenters. The van der Waals surface area contributed by atoms with E-state index in [-0.39, 0.29) is 16.2 Å². The molecule has 0 spiro atoms. The number of ether oxygens (including phenoxy) is 1. The molecule has 1 rings (SSSR count). The first kappa shape index (κ1) is 14.3. The summed E-state index contributed by atoms with van der Waals surface area (Å²) in [6.07, 6.45) is -4.76. The molecular weight excluding hydrogens is 275 g/mol. The van der Waals surface area contributed by atoms with Gasteiger partial charge in [0.05, 0.1) is 18.4 Å². The van der Waals surface area contributed by atoms with E-state index in [1.54, 1.807) is 0 Å². The molecule has 0 atom stereocenters. The van der Waals surface area contributed by atoms with E-state index in [1.807, 2.05) is 0 Å². The summed E-state index contributed by atoms with van der Waals surface area (Å²) in [5, 5.41) is -1.18. The van der Waals surface area contributed by atoms with Gasteiger partial charge in [-0.1, -0.05) is 0 Å². The van der Waals surface area contributed by atoms with Crippen molar-refractivity contribution < 1.29 is 32.3 Å². The highest BCUT2D eigenvalue weighted by atomic mass is 32.1. The van der Waals surface area contributed by atoms with Crippen molar-refractivity contribution in [3.8, 4) is 0 Å². The molecule has 0 radical (unpaired) electrons. The van der Waals surface area contributed by atoms with E-state index in [4.69, 9.17) is 0 Å². The largest absolute Gasteiger partial charge is 0.463 e. The number of carbonyl (C=O) groups is 3. The Balaban J connectivity index is 2.77. The van der Waals surface area contributed by atoms with Crippen LogP contribution in [0.15, 0.2) is 6.20 Å². The number of aromatic nitrogens is 1. The van der Waals surface area contributed by atoms with Gasteiger partial charge in [0.15, 0.2) is 10.8 Å². The summed E-state index contributed by atoms with van der Waals surface area (Å²) in [5.74, 6) is -3.24. The zero-order valence-electron chi connectivity index (χ0n) is 8.91. The fourth-order valence-electron chi connectivity index (χ4n) is 0.953. The van der Waals surface area contributed by atoms with Crippen LogP contribution in [0, 0.1) is 0 Å². The van der Waals surface area contributed by atoms with E-state index in [0.717, 1.165) is 13.3 Å². The van der Waals surface area contributed by atoms with Crippen LogP contribution in [0.4, 0.5) is 13.2 Å². The van der Waals surface area contributed by atoms with Gasteiger partial charge in [-0.25, -0.2) is 9.78 Å². The van der Waals surface area contributed by atoms with Gasteiger partial charge in [0, 0.05) is 6.20 Å². The fourth-order valence-corrected chi connectivity index (χ4v) is 1.67. The number of esters is 1. The lowest BCUT2D eigenvalue weighted by molar-refractivity contribution is -0.151. The zero-order chi connectivity index (χ0) is 13.9. The van der Waals surface area contributed by atoms with Gasteiger partial charge in [-0.3, -0.25) is 9.59 Å². The van der Waals surface area contributed by atoms with E-state index in [2.05, 4.69) is 9.72 Å². The van der Waals surface area contributed by atoms with Crippen LogP contribution < -0.4 is 0 Å². The summed E-state index contributed by atoms with van der Waals surface area (Å²) in [6.45, 7) is 0. The maximum atomic E-state index is 12.2. The second kappa shape index (κ2) is 5.25. The van der Waals surface area contributed by atoms with Crippen molar-refractivity contribution in [1.82, 2.24) is 4.98 Å². The number of hydrogen-bond donors (Lipinski definition) is 0. The SMILES string of the molecule is COC(=O)C(=O)CC(=O)c1cnc(C(F)(F)F)s1. The number of hydrogen-bond acceptors (Lipinski definition) is 6. The van der Waals surface area contributed by atoms with Crippen molar-refractivity contribution in [2.75, 3.05) is 7.11 Å². The minimum atomic E-state index is -4.64. The van der Waals surface area contributed by atoms with Crippen LogP contribution in [-0.4, -0.2) is 29.6 Å². The van der Waals surface area contributed by atoms with E-state index in [9.17, 15) is 27.6 Å². The lowest BCUT2D eigenvalue weighted by atomic mass is 10.2. The third kappa shape index (κ3) is 3.36. The Hall–Kier alpha value is -1.77. The highest BCUT2D eigenvalue weighted by Gasteiger charge is 2.35. The molecule has 0 saturated heterocycles. The van der Waals surface area contributed by atoms with Gasteiger partial charge < -0.3 is 4.74 Å². The second-order valence-corrected chi connectivity index (χ2v) is 4.07. The molecule has 0 bridgehead atoms. The summed E-state index contributed by atoms with van der Waals surface area (Å²) < 4.78 is 40.7. The van der Waals surface area contributed by atoms with Gasteiger partial charge in [-0.2, -0.15) is 13.2 Å². The number of carbonyl (C=O) groups excluding carboxylic acids is 3. The van der Waals surface area contributed by atoms with Gasteiger partial charge in [0.2, 0.25) is 5.78 Å². The number of alkyl halides is 3. The third-order valence-corrected chi connectivity index (χ3v) is 2.84. The molecule has 5 nitrogen and oxygen atoms in total. The number of ketones is 2. The van der Waals surface area contributed by atoms with Gasteiger partial charge in [-0.05, 0) is 0 Å². The summed E-state index contributed by atoms with van der Waals surface area (Å²) in [6, 6.07) is 0. The number of rotatable bonds is 4. The van der Waals surface area contributed by atoms with E-state index >= 15 is 0 Å². The minimum Gasteiger partial charge on any atom is -0.463 e. The normalized spacial score (nSPS) is 11.1. The summed E-state index contributed by atoms with van der Waals surface area (Å²) in [7, 11) is 0.958. The van der Waals surface area contributed by atoms with Crippen molar-refractivity contribution in [2.45, 2.75) is 12.6 Å². The van der Waals surface area contributed by atoms with Crippen LogP contribution in [0.3, 0.4) is 0 Å². The molecule has 0 aliphatic carbocycles. The second-order valence-electron chi connectivity index (χ2n) is 3.04. The molecule has 0 aliphatic rings. The molecule has 0 N–H and O–H groups in total. The van der Waals surface area contributed by atoms with Crippen molar-refractivity contribution >= 4 is 28.9 Å². The molecule has 1 heterocycles. The van der Waals surface area contributed by atoms with Crippen LogP contribution in [0.1, 0.15) is 21.1 Å². The smallest absolute Gasteiger partial charge is 0.443 e. The molecule has 1 aromatic heterocycles. The number of halogens is 3. The first-order valence-corrected chi connectivity index (χ1v) is 5.24. The lowest BCUT2D eigenvalue weighted by Crippen LogP contribution is -2.18. The molecule has 0 aliphatic heterocycles. The van der Waals surface area contributed by atoms with Crippen LogP contribution >= 0.6 is 11.3 Å². The molecule has 18 heavy (non-hydrogen) atoms. The minimum absolute atomic E-state index is 0.119. The summed E-state index contributed by atoms with van der Waals surface area (Å²) >= 11 is 0.119. The van der Waals surface area contributed by atoms with Crippen molar-refractivity contribution in [1.29, 1.82) is 0 Å². The average molecular weight is 281 g/mol. The Morgan fingerprint density at radius 1 is 1.39 bits per heavy atom. The quantitative estimate of drug-likeness (QED) is 0.362. The first-order valence-electron chi connectivity index (χ1n) is 4.43. The molecule has 0 saturated carbocycles. The van der Waals surface area contributed by atoms with E-state index < -0.39 is 35.1 Å². The highest BCUT2D eigenvalue weighted by Crippen LogP contribution is 2.32. The summed E-state index contributed by atoms with van der Waals surface area (Å²) in [5.41, 5.74) is 0. The Bertz CT molecular complexity index is 494. The number of thiazole rings is 1. The van der Waals surface area contributed by atoms with Crippen molar-refractivity contribution in [3.05, 3.63) is 16.1 Å². The van der Waals surface area contributed by atoms with E-state index in [1.165, 1.54) is 0 Å². The Labute approximate surface area is 103 Å². The Morgan fingerprint density at radius 2 is 2.00 bits per heavy atom. The average Bonchev–Trinajstić information content (AvgIpc) is 2.76. The predicted octanol–water partition coefficient (Wildman–Crippen LogP) is 1.48. The maximum Gasteiger partial charge on any atom is 0.443 e. The third-order valence-electron chi connectivity index (χ3n) is 1.76. The van der Waals surface area contributed by atoms with Gasteiger partial charge in [0.1, 0.15) is 0 Å². The van der Waals surface area contributed by atoms with Gasteiger partial charge in [0.25, 0.3) is 0 Å². The van der Waals surface area contributed by atoms with Crippen molar-refractivity contribution in [2.24, 2.45) is 0 Å². The van der Waals surface area contributed by atoms with Gasteiger partial charge in [-0.15, -0.1) is 11.3 Å². The fraction of sp³-hybridized carbons (Fsp3) is 0.333. The lowest BCUT2D eigenvalue weighted by Gasteiger charge is -1.99. The van der Waals surface area contributed by atoms with Crippen LogP contribution in [0.5, 0.6) is 0 Å². The molecule has 0 aromatic carbocycles. The monoisotopic (exact) mass is 281 g/mol. The van der Waals surface area contributed by atoms with Crippen LogP contribution in [-0.2, 0) is 20.5 Å². The molecule has 98 valence electrons. The van der Waals surface area contributed by atoms with Crippen LogP contribution in [0.25, 0.3) is 0 Å². The van der Waals surface area contributed by atoms with Gasteiger partial charge >= 0.3 is 12.1 Å². The van der Waals surface area contributed by atoms with E-state index in [0.29, 0.717) is 0 Å². The Kier molecular flexibility index (Phi) is 4.17. The summed E-state index contributed by atoms with van der Waals surface area (Å²) in [4.78, 5) is 35.8. The predicted molar refractivity (Wildman–Crippen MR) is 53.1 cm³/mol. The first-order chi connectivity index (χ1) is 8.25. The zero-order valence-corrected chi connectivity index (χ0v) is 9.72. The molecule has 0 amide bonds. The number of methoxy groups -OCH3 is 1. The number of nitrogens with zero attached hydrogens (tertiary/aromatic N) is 1. The number of Topliss-reactive ketones (excluding diaryl/α,β-unsaturated/α-hetero) is 2. The highest BCUT2D eigenvalue weighted by molar-refractivity contribution is 7.13. The Morgan fingerprint density at radius 3 is 2.44 bits per heavy atom. The molecule has 9 heteroatoms. The molecule has 1 aromatic rings. The molecular formula is C9H6F3NO4S. The van der Waals surface area contributed by atoms with Crippen LogP contribution in [0.2, 0.25) is 0 Å². The topological polar surface area (TPSA) is 73.3 Å². The molecule has 0 fully saturated rings.